The molecule has 2 unspecified atom stereocenters. The number of benzene rings is 1. The highest BCUT2D eigenvalue weighted by molar-refractivity contribution is 5.73. The fraction of sp³-hybridized carbons (Fsp3) is 0.450. The third-order valence-corrected chi connectivity index (χ3v) is 4.54. The topological polar surface area (TPSA) is 58.0 Å². The minimum absolute atomic E-state index is 0.0665. The Balaban J connectivity index is 1.56. The number of morpholine rings is 1. The third kappa shape index (κ3) is 5.01. The number of carbonyl (C=O) groups is 1. The van der Waals surface area contributed by atoms with Crippen LogP contribution >= 0.6 is 0 Å². The number of amides is 2. The van der Waals surface area contributed by atoms with Crippen LogP contribution in [0.5, 0.6) is 0 Å². The van der Waals surface area contributed by atoms with Gasteiger partial charge in [-0.15, -0.1) is 0 Å². The summed E-state index contributed by atoms with van der Waals surface area (Å²) >= 11 is 0. The molecule has 1 fully saturated rings. The molecule has 1 N–H and O–H groups in total. The molecule has 7 heteroatoms. The molecule has 3 rings (SSSR count). The van der Waals surface area contributed by atoms with Crippen molar-refractivity contribution in [2.75, 3.05) is 25.0 Å². The van der Waals surface area contributed by atoms with E-state index in [1.54, 1.807) is 25.4 Å². The quantitative estimate of drug-likeness (QED) is 0.871. The van der Waals surface area contributed by atoms with Crippen LogP contribution in [0, 0.1) is 5.82 Å². The minimum Gasteiger partial charge on any atom is -0.467 e. The van der Waals surface area contributed by atoms with Gasteiger partial charge in [0.05, 0.1) is 30.7 Å². The Bertz CT molecular complexity index is 756. The normalized spacial score (nSPS) is 19.8. The van der Waals surface area contributed by atoms with Gasteiger partial charge in [0.15, 0.2) is 0 Å². The number of carbonyl (C=O) groups excluding carboxylic acids is 1. The van der Waals surface area contributed by atoms with Crippen molar-refractivity contribution in [3.05, 3.63) is 53.7 Å². The highest BCUT2D eigenvalue weighted by Gasteiger charge is 2.24. The third-order valence-electron chi connectivity index (χ3n) is 4.54. The van der Waals surface area contributed by atoms with E-state index in [0.29, 0.717) is 36.6 Å². The summed E-state index contributed by atoms with van der Waals surface area (Å²) in [5, 5.41) is 2.80. The number of urea groups is 1. The van der Waals surface area contributed by atoms with Crippen LogP contribution in [-0.4, -0.2) is 43.3 Å². The van der Waals surface area contributed by atoms with Crippen molar-refractivity contribution in [3.8, 4) is 0 Å². The average molecular weight is 375 g/mol. The van der Waals surface area contributed by atoms with Gasteiger partial charge in [0.25, 0.3) is 0 Å². The van der Waals surface area contributed by atoms with E-state index in [-0.39, 0.29) is 30.6 Å². The van der Waals surface area contributed by atoms with Crippen molar-refractivity contribution in [2.45, 2.75) is 39.1 Å². The zero-order chi connectivity index (χ0) is 19.4. The van der Waals surface area contributed by atoms with Gasteiger partial charge in [0.1, 0.15) is 11.6 Å². The van der Waals surface area contributed by atoms with E-state index in [4.69, 9.17) is 9.15 Å². The number of furan rings is 1. The molecule has 1 aliphatic rings. The second kappa shape index (κ2) is 8.43. The predicted octanol–water partition coefficient (Wildman–Crippen LogP) is 3.37. The lowest BCUT2D eigenvalue weighted by atomic mass is 10.1. The summed E-state index contributed by atoms with van der Waals surface area (Å²) < 4.78 is 25.5. The highest BCUT2D eigenvalue weighted by Crippen LogP contribution is 2.24. The summed E-state index contributed by atoms with van der Waals surface area (Å²) in [5.41, 5.74) is 1.28. The monoisotopic (exact) mass is 375 g/mol. The maximum atomic E-state index is 14.6. The van der Waals surface area contributed by atoms with Crippen LogP contribution in [0.25, 0.3) is 0 Å². The van der Waals surface area contributed by atoms with Gasteiger partial charge in [-0.05, 0) is 43.7 Å². The van der Waals surface area contributed by atoms with Crippen LogP contribution in [0.1, 0.15) is 25.2 Å². The van der Waals surface area contributed by atoms with Crippen LogP contribution in [0.3, 0.4) is 0 Å². The maximum absolute atomic E-state index is 14.6. The summed E-state index contributed by atoms with van der Waals surface area (Å²) in [6.07, 6.45) is 1.70. The first-order valence-corrected chi connectivity index (χ1v) is 9.12. The van der Waals surface area contributed by atoms with Crippen LogP contribution in [0.15, 0.2) is 41.0 Å². The van der Waals surface area contributed by atoms with E-state index in [2.05, 4.69) is 5.32 Å². The number of hydrogen-bond donors (Lipinski definition) is 1. The van der Waals surface area contributed by atoms with Crippen molar-refractivity contribution in [1.29, 1.82) is 0 Å². The molecule has 0 spiro atoms. The summed E-state index contributed by atoms with van der Waals surface area (Å²) in [6, 6.07) is 8.44. The van der Waals surface area contributed by atoms with Crippen molar-refractivity contribution in [3.63, 3.8) is 0 Å². The molecule has 2 aromatic rings. The molecule has 1 saturated heterocycles. The fourth-order valence-corrected chi connectivity index (χ4v) is 3.31. The van der Waals surface area contributed by atoms with E-state index in [9.17, 15) is 9.18 Å². The molecule has 1 aromatic heterocycles. The molecule has 6 nitrogen and oxygen atoms in total. The van der Waals surface area contributed by atoms with Gasteiger partial charge >= 0.3 is 6.03 Å². The molecule has 146 valence electrons. The van der Waals surface area contributed by atoms with Gasteiger partial charge in [-0.25, -0.2) is 9.18 Å². The Morgan fingerprint density at radius 3 is 2.67 bits per heavy atom. The molecule has 1 aliphatic heterocycles. The standard InChI is InChI=1S/C20H26FN3O3/c1-14-11-24(12-15(2)27-14)19-7-6-16(9-18(19)21)10-22-20(25)23(3)13-17-5-4-8-26-17/h4-9,14-15H,10-13H2,1-3H3,(H,22,25). The smallest absolute Gasteiger partial charge is 0.317 e. The zero-order valence-electron chi connectivity index (χ0n) is 15.9. The van der Waals surface area contributed by atoms with E-state index in [1.807, 2.05) is 30.9 Å². The lowest BCUT2D eigenvalue weighted by molar-refractivity contribution is -0.00539. The first-order chi connectivity index (χ1) is 12.9. The van der Waals surface area contributed by atoms with E-state index in [0.717, 1.165) is 0 Å². The van der Waals surface area contributed by atoms with E-state index in [1.165, 1.54) is 11.0 Å². The molecular weight excluding hydrogens is 349 g/mol. The lowest BCUT2D eigenvalue weighted by Crippen LogP contribution is -2.45. The van der Waals surface area contributed by atoms with Crippen LogP contribution < -0.4 is 10.2 Å². The number of nitrogens with zero attached hydrogens (tertiary/aromatic N) is 2. The van der Waals surface area contributed by atoms with Crippen LogP contribution in [0.2, 0.25) is 0 Å². The van der Waals surface area contributed by atoms with Crippen molar-refractivity contribution in [1.82, 2.24) is 10.2 Å². The summed E-state index contributed by atoms with van der Waals surface area (Å²) in [7, 11) is 1.68. The zero-order valence-corrected chi connectivity index (χ0v) is 15.9. The first kappa shape index (κ1) is 19.2. The molecule has 2 atom stereocenters. The van der Waals surface area contributed by atoms with Gasteiger partial charge in [-0.2, -0.15) is 0 Å². The van der Waals surface area contributed by atoms with Gasteiger partial charge < -0.3 is 24.3 Å². The molecule has 1 aromatic carbocycles. The molecule has 0 saturated carbocycles. The lowest BCUT2D eigenvalue weighted by Gasteiger charge is -2.37. The highest BCUT2D eigenvalue weighted by atomic mass is 19.1. The Labute approximate surface area is 158 Å². The summed E-state index contributed by atoms with van der Waals surface area (Å²) in [6.45, 7) is 5.94. The Hall–Kier alpha value is -2.54. The molecule has 0 bridgehead atoms. The average Bonchev–Trinajstić information content (AvgIpc) is 3.11. The number of halogens is 1. The molecular formula is C20H26FN3O3. The van der Waals surface area contributed by atoms with Gasteiger partial charge in [0, 0.05) is 26.7 Å². The second-order valence-corrected chi connectivity index (χ2v) is 7.04. The number of anilines is 1. The SMILES string of the molecule is CC1CN(c2ccc(CNC(=O)N(C)Cc3ccco3)cc2F)CC(C)O1. The Morgan fingerprint density at radius 1 is 1.30 bits per heavy atom. The molecule has 2 amide bonds. The Kier molecular flexibility index (Phi) is 6.01. The number of ether oxygens (including phenoxy) is 1. The summed E-state index contributed by atoms with van der Waals surface area (Å²) in [5.74, 6) is 0.420. The first-order valence-electron chi connectivity index (χ1n) is 9.12. The number of hydrogen-bond acceptors (Lipinski definition) is 4. The van der Waals surface area contributed by atoms with Crippen molar-refractivity contribution in [2.24, 2.45) is 0 Å². The largest absolute Gasteiger partial charge is 0.467 e. The van der Waals surface area contributed by atoms with Gasteiger partial charge in [-0.3, -0.25) is 0 Å². The predicted molar refractivity (Wildman–Crippen MR) is 101 cm³/mol. The van der Waals surface area contributed by atoms with Gasteiger partial charge in [0.2, 0.25) is 0 Å². The van der Waals surface area contributed by atoms with Crippen molar-refractivity contribution < 1.29 is 18.3 Å². The minimum atomic E-state index is -0.285. The molecule has 0 aliphatic carbocycles. The number of nitrogens with one attached hydrogen (secondary N) is 1. The molecule has 2 heterocycles. The van der Waals surface area contributed by atoms with Crippen LogP contribution in [-0.2, 0) is 17.8 Å². The van der Waals surface area contributed by atoms with E-state index >= 15 is 0 Å². The van der Waals surface area contributed by atoms with Crippen LogP contribution in [0.4, 0.5) is 14.9 Å². The Morgan fingerprint density at radius 2 is 2.04 bits per heavy atom. The molecule has 0 radical (unpaired) electrons. The van der Waals surface area contributed by atoms with Crippen molar-refractivity contribution >= 4 is 11.7 Å². The second-order valence-electron chi connectivity index (χ2n) is 7.04. The fourth-order valence-electron chi connectivity index (χ4n) is 3.31. The summed E-state index contributed by atoms with van der Waals surface area (Å²) in [4.78, 5) is 15.7. The van der Waals surface area contributed by atoms with E-state index < -0.39 is 0 Å². The van der Waals surface area contributed by atoms with Gasteiger partial charge in [-0.1, -0.05) is 6.07 Å². The molecule has 27 heavy (non-hydrogen) atoms. The maximum Gasteiger partial charge on any atom is 0.317 e. The number of rotatable bonds is 5.